The van der Waals surface area contributed by atoms with E-state index in [9.17, 15) is 9.18 Å². The van der Waals surface area contributed by atoms with E-state index < -0.39 is 0 Å². The molecule has 9 heteroatoms. The molecule has 0 spiro atoms. The molecule has 2 N–H and O–H groups in total. The van der Waals surface area contributed by atoms with Crippen molar-refractivity contribution in [1.29, 1.82) is 0 Å². The predicted molar refractivity (Wildman–Crippen MR) is 97.1 cm³/mol. The number of aryl methyl sites for hydroxylation is 1. The summed E-state index contributed by atoms with van der Waals surface area (Å²) in [7, 11) is 0. The molecule has 0 aliphatic carbocycles. The second-order valence-electron chi connectivity index (χ2n) is 5.93. The molecule has 27 heavy (non-hydrogen) atoms. The zero-order valence-electron chi connectivity index (χ0n) is 14.5. The molecule has 0 atom stereocenters. The van der Waals surface area contributed by atoms with Crippen molar-refractivity contribution in [3.05, 3.63) is 48.0 Å². The Morgan fingerprint density at radius 1 is 1.15 bits per heavy atom. The minimum atomic E-state index is -0.290. The normalized spacial score (nSPS) is 10.9. The van der Waals surface area contributed by atoms with Crippen LogP contribution in [0.2, 0.25) is 0 Å². The molecule has 4 rings (SSSR count). The highest BCUT2D eigenvalue weighted by atomic mass is 19.1. The van der Waals surface area contributed by atoms with Gasteiger partial charge in [-0.05, 0) is 42.8 Å². The Morgan fingerprint density at radius 3 is 2.70 bits per heavy atom. The lowest BCUT2D eigenvalue weighted by Gasteiger charge is -2.09. The molecule has 0 bridgehead atoms. The summed E-state index contributed by atoms with van der Waals surface area (Å²) < 4.78 is 13.6. The maximum absolute atomic E-state index is 13.6. The number of aromatic nitrogens is 6. The molecule has 0 saturated heterocycles. The number of anilines is 1. The first kappa shape index (κ1) is 16.7. The second kappa shape index (κ2) is 6.52. The molecule has 0 saturated carbocycles. The first-order valence-corrected chi connectivity index (χ1v) is 8.10. The Labute approximate surface area is 152 Å². The van der Waals surface area contributed by atoms with Gasteiger partial charge in [-0.3, -0.25) is 15.2 Å². The monoisotopic (exact) mass is 363 g/mol. The molecular formula is C18H14FN7O. The highest BCUT2D eigenvalue weighted by Gasteiger charge is 2.16. The molecule has 1 amide bonds. The van der Waals surface area contributed by atoms with Crippen molar-refractivity contribution in [2.24, 2.45) is 0 Å². The van der Waals surface area contributed by atoms with Gasteiger partial charge in [0, 0.05) is 12.5 Å². The quantitative estimate of drug-likeness (QED) is 0.579. The minimum Gasteiger partial charge on any atom is -0.295 e. The van der Waals surface area contributed by atoms with Crippen LogP contribution in [0, 0.1) is 12.7 Å². The number of rotatable bonds is 3. The molecule has 3 aromatic heterocycles. The molecule has 0 aliphatic rings. The first-order chi connectivity index (χ1) is 13.0. The van der Waals surface area contributed by atoms with E-state index in [4.69, 9.17) is 0 Å². The van der Waals surface area contributed by atoms with Crippen molar-refractivity contribution in [3.63, 3.8) is 0 Å². The number of carbonyl (C=O) groups is 1. The fourth-order valence-electron chi connectivity index (χ4n) is 2.67. The summed E-state index contributed by atoms with van der Waals surface area (Å²) in [4.78, 5) is 28.8. The third kappa shape index (κ3) is 3.22. The van der Waals surface area contributed by atoms with Crippen LogP contribution in [0.3, 0.4) is 0 Å². The highest BCUT2D eigenvalue weighted by molar-refractivity contribution is 5.92. The smallest absolute Gasteiger partial charge is 0.230 e. The zero-order chi connectivity index (χ0) is 19.0. The van der Waals surface area contributed by atoms with Gasteiger partial charge in [-0.1, -0.05) is 0 Å². The van der Waals surface area contributed by atoms with Crippen LogP contribution in [-0.2, 0) is 4.79 Å². The molecular weight excluding hydrogens is 349 g/mol. The van der Waals surface area contributed by atoms with Crippen LogP contribution in [0.4, 0.5) is 10.3 Å². The van der Waals surface area contributed by atoms with Gasteiger partial charge in [-0.15, -0.1) is 0 Å². The van der Waals surface area contributed by atoms with Crippen molar-refractivity contribution in [2.45, 2.75) is 13.8 Å². The van der Waals surface area contributed by atoms with E-state index in [1.54, 1.807) is 31.2 Å². The number of carbonyl (C=O) groups excluding carboxylic acids is 1. The fourth-order valence-corrected chi connectivity index (χ4v) is 2.67. The number of hydrogen-bond acceptors (Lipinski definition) is 6. The van der Waals surface area contributed by atoms with Gasteiger partial charge in [-0.25, -0.2) is 24.3 Å². The number of nitrogens with zero attached hydrogens (tertiary/aromatic N) is 5. The lowest BCUT2D eigenvalue weighted by molar-refractivity contribution is -0.114. The molecule has 0 unspecified atom stereocenters. The number of hydrogen-bond donors (Lipinski definition) is 2. The summed E-state index contributed by atoms with van der Waals surface area (Å²) in [5.41, 5.74) is 3.31. The Kier molecular flexibility index (Phi) is 4.03. The Morgan fingerprint density at radius 2 is 2.00 bits per heavy atom. The summed E-state index contributed by atoms with van der Waals surface area (Å²) in [6.45, 7) is 3.07. The molecule has 134 valence electrons. The number of nitrogens with one attached hydrogen (secondary N) is 2. The van der Waals surface area contributed by atoms with Crippen molar-refractivity contribution in [3.8, 4) is 22.8 Å². The standard InChI is InChI=1S/C18H14FN7O/c1-9-7-11(3-4-12(9)19)13-5-6-14-15(23-13)16(17-20-8-21-26-17)25-18(24-14)22-10(2)27/h3-8H,1-2H3,(H,20,21,26)(H,22,24,25,27). The Balaban J connectivity index is 1.92. The van der Waals surface area contributed by atoms with Gasteiger partial charge < -0.3 is 0 Å². The molecule has 1 aromatic carbocycles. The van der Waals surface area contributed by atoms with Gasteiger partial charge in [0.25, 0.3) is 0 Å². The van der Waals surface area contributed by atoms with Crippen LogP contribution in [-0.4, -0.2) is 36.0 Å². The lowest BCUT2D eigenvalue weighted by atomic mass is 10.1. The topological polar surface area (TPSA) is 109 Å². The SMILES string of the molecule is CC(=O)Nc1nc(-c2nc[nH]n2)c2nc(-c3ccc(F)c(C)c3)ccc2n1. The molecule has 4 aromatic rings. The van der Waals surface area contributed by atoms with Crippen LogP contribution in [0.1, 0.15) is 12.5 Å². The van der Waals surface area contributed by atoms with Crippen LogP contribution < -0.4 is 5.32 Å². The fraction of sp³-hybridized carbons (Fsp3) is 0.111. The largest absolute Gasteiger partial charge is 0.295 e. The van der Waals surface area contributed by atoms with Gasteiger partial charge in [0.2, 0.25) is 17.7 Å². The van der Waals surface area contributed by atoms with E-state index >= 15 is 0 Å². The van der Waals surface area contributed by atoms with E-state index in [1.807, 2.05) is 0 Å². The number of fused-ring (bicyclic) bond motifs is 1. The van der Waals surface area contributed by atoms with Crippen molar-refractivity contribution >= 4 is 22.9 Å². The van der Waals surface area contributed by atoms with E-state index in [1.165, 1.54) is 19.3 Å². The van der Waals surface area contributed by atoms with Crippen molar-refractivity contribution in [2.75, 3.05) is 5.32 Å². The molecule has 0 fully saturated rings. The molecule has 0 radical (unpaired) electrons. The minimum absolute atomic E-state index is 0.141. The average molecular weight is 363 g/mol. The maximum atomic E-state index is 13.6. The average Bonchev–Trinajstić information content (AvgIpc) is 3.17. The third-order valence-corrected chi connectivity index (χ3v) is 3.91. The van der Waals surface area contributed by atoms with E-state index in [-0.39, 0.29) is 17.7 Å². The molecule has 0 aliphatic heterocycles. The van der Waals surface area contributed by atoms with Gasteiger partial charge in [0.15, 0.2) is 0 Å². The zero-order valence-corrected chi connectivity index (χ0v) is 14.5. The Bertz CT molecular complexity index is 1160. The third-order valence-electron chi connectivity index (χ3n) is 3.91. The number of H-pyrrole nitrogens is 1. The number of amides is 1. The number of benzene rings is 1. The molecule has 3 heterocycles. The van der Waals surface area contributed by atoms with Crippen molar-refractivity contribution in [1.82, 2.24) is 30.1 Å². The van der Waals surface area contributed by atoms with Gasteiger partial charge >= 0.3 is 0 Å². The first-order valence-electron chi connectivity index (χ1n) is 8.10. The maximum Gasteiger partial charge on any atom is 0.230 e. The summed E-state index contributed by atoms with van der Waals surface area (Å²) in [6.07, 6.45) is 1.43. The molecule has 8 nitrogen and oxygen atoms in total. The second-order valence-corrected chi connectivity index (χ2v) is 5.93. The summed E-state index contributed by atoms with van der Waals surface area (Å²) >= 11 is 0. The van der Waals surface area contributed by atoms with E-state index in [2.05, 4.69) is 35.5 Å². The van der Waals surface area contributed by atoms with Gasteiger partial charge in [0.1, 0.15) is 23.4 Å². The number of aromatic amines is 1. The number of halogens is 1. The number of pyridine rings is 1. The lowest BCUT2D eigenvalue weighted by Crippen LogP contribution is -2.10. The van der Waals surface area contributed by atoms with Gasteiger partial charge in [0.05, 0.1) is 11.2 Å². The predicted octanol–water partition coefficient (Wildman–Crippen LogP) is 2.88. The summed E-state index contributed by atoms with van der Waals surface area (Å²) in [6, 6.07) is 8.34. The van der Waals surface area contributed by atoms with Gasteiger partial charge in [-0.2, -0.15) is 5.10 Å². The van der Waals surface area contributed by atoms with Crippen molar-refractivity contribution < 1.29 is 9.18 Å². The summed E-state index contributed by atoms with van der Waals surface area (Å²) in [5.74, 6) is -0.0956. The van der Waals surface area contributed by atoms with Crippen LogP contribution in [0.5, 0.6) is 0 Å². The van der Waals surface area contributed by atoms with E-state index in [0.29, 0.717) is 33.8 Å². The Hall–Kier alpha value is -3.75. The van der Waals surface area contributed by atoms with Crippen LogP contribution in [0.25, 0.3) is 33.8 Å². The van der Waals surface area contributed by atoms with Crippen LogP contribution in [0.15, 0.2) is 36.7 Å². The highest BCUT2D eigenvalue weighted by Crippen LogP contribution is 2.27. The van der Waals surface area contributed by atoms with E-state index in [0.717, 1.165) is 5.56 Å². The van der Waals surface area contributed by atoms with Crippen LogP contribution >= 0.6 is 0 Å². The summed E-state index contributed by atoms with van der Waals surface area (Å²) in [5, 5.41) is 9.25.